The predicted molar refractivity (Wildman–Crippen MR) is 68.8 cm³/mol. The van der Waals surface area contributed by atoms with Gasteiger partial charge in [0.15, 0.2) is 11.5 Å². The molecule has 0 radical (unpaired) electrons. The van der Waals surface area contributed by atoms with E-state index >= 15 is 0 Å². The van der Waals surface area contributed by atoms with E-state index in [4.69, 9.17) is 15.2 Å². The van der Waals surface area contributed by atoms with Gasteiger partial charge >= 0.3 is 0 Å². The zero-order valence-corrected chi connectivity index (χ0v) is 10.8. The van der Waals surface area contributed by atoms with Crippen LogP contribution in [0.2, 0.25) is 0 Å². The highest BCUT2D eigenvalue weighted by Crippen LogP contribution is 2.37. The summed E-state index contributed by atoms with van der Waals surface area (Å²) in [5.74, 6) is 2.63. The number of benzene rings is 1. The first-order valence-electron chi connectivity index (χ1n) is 6.23. The van der Waals surface area contributed by atoms with Crippen molar-refractivity contribution in [1.82, 2.24) is 0 Å². The molecule has 94 valence electrons. The van der Waals surface area contributed by atoms with Crippen molar-refractivity contribution in [2.75, 3.05) is 19.8 Å². The van der Waals surface area contributed by atoms with Gasteiger partial charge in [0, 0.05) is 0 Å². The van der Waals surface area contributed by atoms with E-state index in [1.54, 1.807) is 0 Å². The van der Waals surface area contributed by atoms with Crippen molar-refractivity contribution in [3.63, 3.8) is 0 Å². The van der Waals surface area contributed by atoms with Crippen LogP contribution in [0, 0.1) is 12.8 Å². The zero-order valence-electron chi connectivity index (χ0n) is 10.8. The van der Waals surface area contributed by atoms with Crippen LogP contribution < -0.4 is 15.2 Å². The van der Waals surface area contributed by atoms with Crippen LogP contribution in [0.4, 0.5) is 0 Å². The fourth-order valence-electron chi connectivity index (χ4n) is 2.36. The molecule has 0 amide bonds. The molecule has 2 rings (SSSR count). The summed E-state index contributed by atoms with van der Waals surface area (Å²) in [5.41, 5.74) is 8.40. The Morgan fingerprint density at radius 2 is 1.76 bits per heavy atom. The van der Waals surface area contributed by atoms with Crippen molar-refractivity contribution in [2.45, 2.75) is 26.7 Å². The summed E-state index contributed by atoms with van der Waals surface area (Å²) >= 11 is 0. The average molecular weight is 235 g/mol. The summed E-state index contributed by atoms with van der Waals surface area (Å²) in [6.07, 6.45) is 0. The maximum absolute atomic E-state index is 5.88. The molecule has 1 aliphatic rings. The van der Waals surface area contributed by atoms with Gasteiger partial charge in [-0.1, -0.05) is 13.8 Å². The number of fused-ring (bicyclic) bond motifs is 1. The standard InChI is InChI=1S/C14H21NO2/c1-9(2)12(8-15)11-7-14-13(6-10(11)3)16-4-5-17-14/h6-7,9,12H,4-5,8,15H2,1-3H3. The van der Waals surface area contributed by atoms with E-state index in [2.05, 4.69) is 32.9 Å². The molecule has 0 aromatic heterocycles. The van der Waals surface area contributed by atoms with Crippen LogP contribution in [-0.4, -0.2) is 19.8 Å². The smallest absolute Gasteiger partial charge is 0.161 e. The van der Waals surface area contributed by atoms with E-state index in [0.717, 1.165) is 11.5 Å². The number of hydrogen-bond acceptors (Lipinski definition) is 3. The summed E-state index contributed by atoms with van der Waals surface area (Å²) in [6.45, 7) is 8.44. The number of aryl methyl sites for hydroxylation is 1. The van der Waals surface area contributed by atoms with Crippen LogP contribution in [0.5, 0.6) is 11.5 Å². The molecule has 17 heavy (non-hydrogen) atoms. The van der Waals surface area contributed by atoms with E-state index in [1.807, 2.05) is 0 Å². The Morgan fingerprint density at radius 3 is 2.29 bits per heavy atom. The van der Waals surface area contributed by atoms with Crippen LogP contribution in [0.3, 0.4) is 0 Å². The molecule has 0 fully saturated rings. The van der Waals surface area contributed by atoms with Gasteiger partial charge in [0.1, 0.15) is 13.2 Å². The number of hydrogen-bond donors (Lipinski definition) is 1. The van der Waals surface area contributed by atoms with Crippen molar-refractivity contribution in [2.24, 2.45) is 11.7 Å². The summed E-state index contributed by atoms with van der Waals surface area (Å²) in [7, 11) is 0. The molecule has 0 bridgehead atoms. The average Bonchev–Trinajstić information content (AvgIpc) is 2.30. The molecular weight excluding hydrogens is 214 g/mol. The van der Waals surface area contributed by atoms with Gasteiger partial charge in [-0.2, -0.15) is 0 Å². The van der Waals surface area contributed by atoms with Crippen LogP contribution in [-0.2, 0) is 0 Å². The van der Waals surface area contributed by atoms with Gasteiger partial charge in [-0.15, -0.1) is 0 Å². The zero-order chi connectivity index (χ0) is 12.4. The third-order valence-electron chi connectivity index (χ3n) is 3.39. The Hall–Kier alpha value is -1.22. The molecule has 1 unspecified atom stereocenters. The second-order valence-electron chi connectivity index (χ2n) is 4.94. The van der Waals surface area contributed by atoms with Gasteiger partial charge in [0.05, 0.1) is 0 Å². The summed E-state index contributed by atoms with van der Waals surface area (Å²) < 4.78 is 11.2. The number of rotatable bonds is 3. The predicted octanol–water partition coefficient (Wildman–Crippen LogP) is 2.46. The molecule has 1 atom stereocenters. The molecule has 0 saturated carbocycles. The molecule has 3 heteroatoms. The van der Waals surface area contributed by atoms with Gasteiger partial charge < -0.3 is 15.2 Å². The highest BCUT2D eigenvalue weighted by atomic mass is 16.6. The summed E-state index contributed by atoms with van der Waals surface area (Å²) in [5, 5.41) is 0. The molecule has 3 nitrogen and oxygen atoms in total. The Labute approximate surface area is 103 Å². The lowest BCUT2D eigenvalue weighted by Crippen LogP contribution is -2.20. The SMILES string of the molecule is Cc1cc2c(cc1C(CN)C(C)C)OCCO2. The van der Waals surface area contributed by atoms with Gasteiger partial charge in [0.25, 0.3) is 0 Å². The van der Waals surface area contributed by atoms with E-state index in [1.165, 1.54) is 11.1 Å². The largest absolute Gasteiger partial charge is 0.486 e. The minimum atomic E-state index is 0.380. The lowest BCUT2D eigenvalue weighted by molar-refractivity contribution is 0.171. The summed E-state index contributed by atoms with van der Waals surface area (Å²) in [6, 6.07) is 4.16. The molecule has 1 aromatic rings. The monoisotopic (exact) mass is 235 g/mol. The minimum absolute atomic E-state index is 0.380. The van der Waals surface area contributed by atoms with E-state index in [0.29, 0.717) is 31.6 Å². The fraction of sp³-hybridized carbons (Fsp3) is 0.571. The number of ether oxygens (including phenoxy) is 2. The molecular formula is C14H21NO2. The van der Waals surface area contributed by atoms with Crippen LogP contribution in [0.1, 0.15) is 30.9 Å². The van der Waals surface area contributed by atoms with Crippen LogP contribution in [0.15, 0.2) is 12.1 Å². The third kappa shape index (κ3) is 2.39. The second-order valence-corrected chi connectivity index (χ2v) is 4.94. The van der Waals surface area contributed by atoms with E-state index < -0.39 is 0 Å². The van der Waals surface area contributed by atoms with Crippen molar-refractivity contribution in [1.29, 1.82) is 0 Å². The van der Waals surface area contributed by atoms with Crippen LogP contribution in [0.25, 0.3) is 0 Å². The molecule has 1 heterocycles. The van der Waals surface area contributed by atoms with E-state index in [9.17, 15) is 0 Å². The van der Waals surface area contributed by atoms with Crippen molar-refractivity contribution in [3.05, 3.63) is 23.3 Å². The molecule has 1 aromatic carbocycles. The Balaban J connectivity index is 2.40. The highest BCUT2D eigenvalue weighted by molar-refractivity contribution is 5.49. The van der Waals surface area contributed by atoms with Crippen molar-refractivity contribution >= 4 is 0 Å². The Kier molecular flexibility index (Phi) is 3.57. The lowest BCUT2D eigenvalue weighted by Gasteiger charge is -2.25. The topological polar surface area (TPSA) is 44.5 Å². The maximum atomic E-state index is 5.88. The molecule has 0 spiro atoms. The third-order valence-corrected chi connectivity index (χ3v) is 3.39. The second kappa shape index (κ2) is 4.96. The Bertz CT molecular complexity index is 401. The number of nitrogens with two attached hydrogens (primary N) is 1. The summed E-state index contributed by atoms with van der Waals surface area (Å²) in [4.78, 5) is 0. The van der Waals surface area contributed by atoms with Crippen LogP contribution >= 0.6 is 0 Å². The van der Waals surface area contributed by atoms with Crippen molar-refractivity contribution in [3.8, 4) is 11.5 Å². The minimum Gasteiger partial charge on any atom is -0.486 e. The molecule has 0 aliphatic carbocycles. The lowest BCUT2D eigenvalue weighted by atomic mass is 9.85. The van der Waals surface area contributed by atoms with Gasteiger partial charge in [0.2, 0.25) is 0 Å². The normalized spacial score (nSPS) is 16.1. The van der Waals surface area contributed by atoms with Gasteiger partial charge in [-0.05, 0) is 48.6 Å². The first kappa shape index (κ1) is 12.2. The first-order chi connectivity index (χ1) is 8.13. The highest BCUT2D eigenvalue weighted by Gasteiger charge is 2.20. The van der Waals surface area contributed by atoms with Crippen molar-refractivity contribution < 1.29 is 9.47 Å². The van der Waals surface area contributed by atoms with Gasteiger partial charge in [-0.3, -0.25) is 0 Å². The van der Waals surface area contributed by atoms with E-state index in [-0.39, 0.29) is 0 Å². The fourth-order valence-corrected chi connectivity index (χ4v) is 2.36. The maximum Gasteiger partial charge on any atom is 0.161 e. The molecule has 0 saturated heterocycles. The first-order valence-corrected chi connectivity index (χ1v) is 6.23. The quantitative estimate of drug-likeness (QED) is 0.875. The Morgan fingerprint density at radius 1 is 1.18 bits per heavy atom. The van der Waals surface area contributed by atoms with Gasteiger partial charge in [-0.25, -0.2) is 0 Å². The molecule has 1 aliphatic heterocycles. The molecule has 2 N–H and O–H groups in total.